The third-order valence-corrected chi connectivity index (χ3v) is 2.38. The van der Waals surface area contributed by atoms with Crippen molar-refractivity contribution in [3.8, 4) is 0 Å². The SMILES string of the molecule is CCCc1ccc(CCC)c(N=C=N)c1. The Morgan fingerprint density at radius 2 is 1.93 bits per heavy atom. The molecule has 0 saturated carbocycles. The summed E-state index contributed by atoms with van der Waals surface area (Å²) < 4.78 is 0. The molecule has 15 heavy (non-hydrogen) atoms. The van der Waals surface area contributed by atoms with Crippen LogP contribution in [0.15, 0.2) is 23.2 Å². The van der Waals surface area contributed by atoms with Crippen LogP contribution in [0.2, 0.25) is 0 Å². The Labute approximate surface area is 91.6 Å². The van der Waals surface area contributed by atoms with Crippen LogP contribution >= 0.6 is 0 Å². The Balaban J connectivity index is 3.02. The van der Waals surface area contributed by atoms with Gasteiger partial charge in [0, 0.05) is 0 Å². The van der Waals surface area contributed by atoms with E-state index in [9.17, 15) is 0 Å². The standard InChI is InChI=1S/C13H18N2/c1-3-5-11-7-8-12(6-4-2)13(9-11)15-10-14/h7-9,14H,3-6H2,1-2H3. The van der Waals surface area contributed by atoms with Gasteiger partial charge in [-0.15, -0.1) is 0 Å². The van der Waals surface area contributed by atoms with Gasteiger partial charge in [0.1, 0.15) is 0 Å². The molecular weight excluding hydrogens is 184 g/mol. The van der Waals surface area contributed by atoms with Crippen molar-refractivity contribution in [3.05, 3.63) is 29.3 Å². The van der Waals surface area contributed by atoms with Gasteiger partial charge in [-0.2, -0.15) is 4.99 Å². The van der Waals surface area contributed by atoms with Gasteiger partial charge in [0.2, 0.25) is 0 Å². The molecule has 0 heterocycles. The molecule has 2 nitrogen and oxygen atoms in total. The van der Waals surface area contributed by atoms with Gasteiger partial charge >= 0.3 is 0 Å². The molecular formula is C13H18N2. The van der Waals surface area contributed by atoms with Crippen molar-refractivity contribution < 1.29 is 0 Å². The van der Waals surface area contributed by atoms with Crippen LogP contribution in [0.5, 0.6) is 0 Å². The lowest BCUT2D eigenvalue weighted by Gasteiger charge is -2.05. The molecule has 0 fully saturated rings. The lowest BCUT2D eigenvalue weighted by Crippen LogP contribution is -1.88. The van der Waals surface area contributed by atoms with Gasteiger partial charge < -0.3 is 0 Å². The number of hydrogen-bond acceptors (Lipinski definition) is 2. The average molecular weight is 202 g/mol. The molecule has 0 aliphatic heterocycles. The lowest BCUT2D eigenvalue weighted by molar-refractivity contribution is 0.904. The molecule has 0 atom stereocenters. The molecule has 0 amide bonds. The Hall–Kier alpha value is -1.40. The minimum Gasteiger partial charge on any atom is -0.241 e. The molecule has 0 spiro atoms. The van der Waals surface area contributed by atoms with E-state index >= 15 is 0 Å². The quantitative estimate of drug-likeness (QED) is 0.701. The fourth-order valence-corrected chi connectivity index (χ4v) is 1.70. The van der Waals surface area contributed by atoms with E-state index in [1.165, 1.54) is 11.1 Å². The van der Waals surface area contributed by atoms with E-state index < -0.39 is 0 Å². The number of hydrogen-bond donors (Lipinski definition) is 1. The number of aryl methyl sites for hydroxylation is 2. The molecule has 0 saturated heterocycles. The van der Waals surface area contributed by atoms with E-state index in [0.717, 1.165) is 31.4 Å². The first-order valence-electron chi connectivity index (χ1n) is 5.56. The van der Waals surface area contributed by atoms with Crippen LogP contribution in [0.3, 0.4) is 0 Å². The van der Waals surface area contributed by atoms with Crippen molar-refractivity contribution in [3.63, 3.8) is 0 Å². The molecule has 2 heteroatoms. The number of benzene rings is 1. The highest BCUT2D eigenvalue weighted by Crippen LogP contribution is 2.22. The fraction of sp³-hybridized carbons (Fsp3) is 0.462. The van der Waals surface area contributed by atoms with Crippen LogP contribution in [0.1, 0.15) is 37.8 Å². The molecule has 0 unspecified atom stereocenters. The van der Waals surface area contributed by atoms with E-state index in [1.807, 2.05) is 0 Å². The molecule has 0 aliphatic rings. The maximum atomic E-state index is 6.92. The first kappa shape index (κ1) is 11.7. The van der Waals surface area contributed by atoms with Crippen LogP contribution in [-0.2, 0) is 12.8 Å². The van der Waals surface area contributed by atoms with Gasteiger partial charge in [-0.25, -0.2) is 5.41 Å². The predicted molar refractivity (Wildman–Crippen MR) is 64.2 cm³/mol. The zero-order valence-corrected chi connectivity index (χ0v) is 9.51. The Bertz CT molecular complexity index is 363. The number of nitrogens with zero attached hydrogens (tertiary/aromatic N) is 1. The maximum Gasteiger partial charge on any atom is 0.0918 e. The number of aliphatic imine (C=N–C) groups is 1. The Morgan fingerprint density at radius 3 is 2.53 bits per heavy atom. The molecule has 80 valence electrons. The van der Waals surface area contributed by atoms with E-state index in [-0.39, 0.29) is 0 Å². The first-order valence-corrected chi connectivity index (χ1v) is 5.56. The van der Waals surface area contributed by atoms with Crippen LogP contribution in [0.4, 0.5) is 5.69 Å². The van der Waals surface area contributed by atoms with Crippen LogP contribution in [-0.4, -0.2) is 6.01 Å². The molecule has 0 radical (unpaired) electrons. The zero-order valence-electron chi connectivity index (χ0n) is 9.51. The topological polar surface area (TPSA) is 36.2 Å². The first-order chi connectivity index (χ1) is 7.31. The highest BCUT2D eigenvalue weighted by molar-refractivity contribution is 5.56. The number of rotatable bonds is 5. The van der Waals surface area contributed by atoms with Crippen LogP contribution in [0, 0.1) is 5.41 Å². The maximum absolute atomic E-state index is 6.92. The molecule has 0 aliphatic carbocycles. The molecule has 0 aromatic heterocycles. The summed E-state index contributed by atoms with van der Waals surface area (Å²) in [5.74, 6) is 0. The van der Waals surface area contributed by atoms with Crippen molar-refractivity contribution in [1.82, 2.24) is 0 Å². The molecule has 1 aromatic rings. The highest BCUT2D eigenvalue weighted by atomic mass is 14.7. The normalized spacial score (nSPS) is 9.73. The highest BCUT2D eigenvalue weighted by Gasteiger charge is 2.01. The van der Waals surface area contributed by atoms with Crippen molar-refractivity contribution in [1.29, 1.82) is 5.41 Å². The Morgan fingerprint density at radius 1 is 1.20 bits per heavy atom. The third-order valence-electron chi connectivity index (χ3n) is 2.38. The summed E-state index contributed by atoms with van der Waals surface area (Å²) in [5.41, 5.74) is 3.43. The Kier molecular flexibility index (Phi) is 4.79. The summed E-state index contributed by atoms with van der Waals surface area (Å²) >= 11 is 0. The second kappa shape index (κ2) is 6.15. The summed E-state index contributed by atoms with van der Waals surface area (Å²) in [6, 6.07) is 8.50. The van der Waals surface area contributed by atoms with Crippen molar-refractivity contribution in [2.45, 2.75) is 39.5 Å². The van der Waals surface area contributed by atoms with E-state index in [4.69, 9.17) is 5.41 Å². The van der Waals surface area contributed by atoms with Gasteiger partial charge in [-0.05, 0) is 30.0 Å². The smallest absolute Gasteiger partial charge is 0.0918 e. The summed E-state index contributed by atoms with van der Waals surface area (Å²) in [5, 5.41) is 6.92. The third kappa shape index (κ3) is 3.34. The molecule has 1 aromatic carbocycles. The summed E-state index contributed by atoms with van der Waals surface area (Å²) in [6.07, 6.45) is 4.34. The van der Waals surface area contributed by atoms with E-state index in [2.05, 4.69) is 43.0 Å². The van der Waals surface area contributed by atoms with Gasteiger partial charge in [0.05, 0.1) is 11.7 Å². The minimum absolute atomic E-state index is 0.915. The fourth-order valence-electron chi connectivity index (χ4n) is 1.70. The largest absolute Gasteiger partial charge is 0.241 e. The zero-order chi connectivity index (χ0) is 11.1. The predicted octanol–water partition coefficient (Wildman–Crippen LogP) is 3.98. The molecule has 1 N–H and O–H groups in total. The lowest BCUT2D eigenvalue weighted by atomic mass is 10.0. The summed E-state index contributed by atoms with van der Waals surface area (Å²) in [6.45, 7) is 4.32. The van der Waals surface area contributed by atoms with E-state index in [0.29, 0.717) is 0 Å². The van der Waals surface area contributed by atoms with Crippen molar-refractivity contribution >= 4 is 11.7 Å². The van der Waals surface area contributed by atoms with E-state index in [1.54, 1.807) is 0 Å². The van der Waals surface area contributed by atoms with Gasteiger partial charge in [-0.3, -0.25) is 0 Å². The molecule has 1 rings (SSSR count). The van der Waals surface area contributed by atoms with Crippen LogP contribution < -0.4 is 0 Å². The van der Waals surface area contributed by atoms with Crippen LogP contribution in [0.25, 0.3) is 0 Å². The minimum atomic E-state index is 0.915. The summed E-state index contributed by atoms with van der Waals surface area (Å²) in [7, 11) is 0. The molecule has 0 bridgehead atoms. The van der Waals surface area contributed by atoms with Gasteiger partial charge in [-0.1, -0.05) is 38.8 Å². The average Bonchev–Trinajstić information content (AvgIpc) is 2.23. The van der Waals surface area contributed by atoms with Gasteiger partial charge in [0.15, 0.2) is 0 Å². The van der Waals surface area contributed by atoms with Crippen molar-refractivity contribution in [2.75, 3.05) is 0 Å². The summed E-state index contributed by atoms with van der Waals surface area (Å²) in [4.78, 5) is 3.98. The monoisotopic (exact) mass is 202 g/mol. The number of nitrogens with one attached hydrogen (secondary N) is 1. The van der Waals surface area contributed by atoms with Gasteiger partial charge in [0.25, 0.3) is 0 Å². The second-order valence-corrected chi connectivity index (χ2v) is 3.69. The second-order valence-electron chi connectivity index (χ2n) is 3.69. The van der Waals surface area contributed by atoms with Crippen molar-refractivity contribution in [2.24, 2.45) is 4.99 Å².